The van der Waals surface area contributed by atoms with Gasteiger partial charge in [0.15, 0.2) is 9.84 Å². The molecule has 0 amide bonds. The zero-order chi connectivity index (χ0) is 12.5. The third-order valence-electron chi connectivity index (χ3n) is 2.38. The standard InChI is InChI=1S/C10H11N3O3S/c1-2-17(15,16)8-3-4-10(14)9(5-8)13-6-11-12-7-13/h3-7,14H,2H2,1H3. The number of hydrogen-bond donors (Lipinski definition) is 1. The van der Waals surface area contributed by atoms with Crippen LogP contribution in [0.5, 0.6) is 5.75 Å². The molecule has 0 atom stereocenters. The highest BCUT2D eigenvalue weighted by atomic mass is 32.2. The molecule has 0 spiro atoms. The first-order chi connectivity index (χ1) is 8.04. The number of aromatic hydroxyl groups is 1. The molecule has 0 bridgehead atoms. The van der Waals surface area contributed by atoms with Crippen molar-refractivity contribution in [3.05, 3.63) is 30.9 Å². The lowest BCUT2D eigenvalue weighted by Crippen LogP contribution is -2.04. The van der Waals surface area contributed by atoms with Crippen LogP contribution < -0.4 is 0 Å². The van der Waals surface area contributed by atoms with Gasteiger partial charge < -0.3 is 5.11 Å². The molecule has 2 rings (SSSR count). The van der Waals surface area contributed by atoms with Crippen LogP contribution in [0.25, 0.3) is 5.69 Å². The summed E-state index contributed by atoms with van der Waals surface area (Å²) in [6.45, 7) is 1.57. The van der Waals surface area contributed by atoms with Gasteiger partial charge in [0.2, 0.25) is 0 Å². The summed E-state index contributed by atoms with van der Waals surface area (Å²) in [6, 6.07) is 4.12. The first kappa shape index (κ1) is 11.6. The number of benzene rings is 1. The fourth-order valence-corrected chi connectivity index (χ4v) is 2.30. The van der Waals surface area contributed by atoms with Gasteiger partial charge in [0, 0.05) is 0 Å². The van der Waals surface area contributed by atoms with E-state index in [1.54, 1.807) is 6.92 Å². The third kappa shape index (κ3) is 2.14. The molecule has 2 aromatic rings. The Kier molecular flexibility index (Phi) is 2.84. The van der Waals surface area contributed by atoms with Gasteiger partial charge >= 0.3 is 0 Å². The summed E-state index contributed by atoms with van der Waals surface area (Å²) < 4.78 is 24.9. The molecule has 17 heavy (non-hydrogen) atoms. The van der Waals surface area contributed by atoms with Crippen molar-refractivity contribution in [2.75, 3.05) is 5.75 Å². The molecule has 90 valence electrons. The number of hydrogen-bond acceptors (Lipinski definition) is 5. The lowest BCUT2D eigenvalue weighted by atomic mass is 10.3. The summed E-state index contributed by atoms with van der Waals surface area (Å²) in [7, 11) is -3.29. The molecule has 0 aliphatic heterocycles. The van der Waals surface area contributed by atoms with E-state index in [1.165, 1.54) is 35.4 Å². The Hall–Kier alpha value is -1.89. The predicted molar refractivity (Wildman–Crippen MR) is 60.8 cm³/mol. The highest BCUT2D eigenvalue weighted by Gasteiger charge is 2.14. The Morgan fingerprint density at radius 3 is 2.53 bits per heavy atom. The van der Waals surface area contributed by atoms with Gasteiger partial charge in [-0.05, 0) is 18.2 Å². The maximum atomic E-state index is 11.7. The zero-order valence-electron chi connectivity index (χ0n) is 9.11. The van der Waals surface area contributed by atoms with Crippen LogP contribution in [0.2, 0.25) is 0 Å². The number of sulfone groups is 1. The molecule has 1 aromatic heterocycles. The maximum absolute atomic E-state index is 11.7. The third-order valence-corrected chi connectivity index (χ3v) is 4.12. The van der Waals surface area contributed by atoms with Crippen LogP contribution in [-0.2, 0) is 9.84 Å². The first-order valence-electron chi connectivity index (χ1n) is 4.95. The van der Waals surface area contributed by atoms with Crippen LogP contribution in [0.4, 0.5) is 0 Å². The molecule has 0 saturated carbocycles. The number of nitrogens with zero attached hydrogens (tertiary/aromatic N) is 3. The molecule has 1 N–H and O–H groups in total. The van der Waals surface area contributed by atoms with E-state index in [0.29, 0.717) is 5.69 Å². The molecule has 0 aliphatic carbocycles. The average Bonchev–Trinajstić information content (AvgIpc) is 2.83. The Labute approximate surface area is 98.5 Å². The van der Waals surface area contributed by atoms with Crippen molar-refractivity contribution in [2.24, 2.45) is 0 Å². The molecule has 0 unspecified atom stereocenters. The zero-order valence-corrected chi connectivity index (χ0v) is 9.92. The van der Waals surface area contributed by atoms with Crippen LogP contribution in [0.1, 0.15) is 6.92 Å². The molecule has 6 nitrogen and oxygen atoms in total. The molecular formula is C10H11N3O3S. The van der Waals surface area contributed by atoms with Crippen LogP contribution in [-0.4, -0.2) is 34.0 Å². The van der Waals surface area contributed by atoms with E-state index in [-0.39, 0.29) is 16.4 Å². The van der Waals surface area contributed by atoms with Crippen molar-refractivity contribution < 1.29 is 13.5 Å². The van der Waals surface area contributed by atoms with Crippen molar-refractivity contribution >= 4 is 9.84 Å². The fourth-order valence-electron chi connectivity index (χ4n) is 1.40. The monoisotopic (exact) mass is 253 g/mol. The van der Waals surface area contributed by atoms with Gasteiger partial charge in [0.25, 0.3) is 0 Å². The van der Waals surface area contributed by atoms with Crippen molar-refractivity contribution in [3.8, 4) is 11.4 Å². The maximum Gasteiger partial charge on any atom is 0.178 e. The minimum atomic E-state index is -3.29. The Bertz CT molecular complexity index is 620. The lowest BCUT2D eigenvalue weighted by molar-refractivity contribution is 0.471. The normalized spacial score (nSPS) is 11.6. The molecule has 7 heteroatoms. The molecule has 0 radical (unpaired) electrons. The molecule has 0 fully saturated rings. The first-order valence-corrected chi connectivity index (χ1v) is 6.60. The SMILES string of the molecule is CCS(=O)(=O)c1ccc(O)c(-n2cnnc2)c1. The summed E-state index contributed by atoms with van der Waals surface area (Å²) >= 11 is 0. The number of aromatic nitrogens is 3. The molecule has 1 heterocycles. The summed E-state index contributed by atoms with van der Waals surface area (Å²) in [5.41, 5.74) is 0.338. The second-order valence-electron chi connectivity index (χ2n) is 3.42. The van der Waals surface area contributed by atoms with Gasteiger partial charge in [-0.15, -0.1) is 10.2 Å². The van der Waals surface area contributed by atoms with Gasteiger partial charge in [0.1, 0.15) is 18.4 Å². The van der Waals surface area contributed by atoms with E-state index >= 15 is 0 Å². The lowest BCUT2D eigenvalue weighted by Gasteiger charge is -2.07. The minimum Gasteiger partial charge on any atom is -0.506 e. The van der Waals surface area contributed by atoms with Gasteiger partial charge in [-0.2, -0.15) is 0 Å². The summed E-state index contributed by atoms with van der Waals surface area (Å²) in [5, 5.41) is 16.9. The van der Waals surface area contributed by atoms with Crippen molar-refractivity contribution in [1.82, 2.24) is 14.8 Å². The van der Waals surface area contributed by atoms with E-state index in [9.17, 15) is 13.5 Å². The smallest absolute Gasteiger partial charge is 0.178 e. The largest absolute Gasteiger partial charge is 0.506 e. The number of phenolic OH excluding ortho intramolecular Hbond substituents is 1. The van der Waals surface area contributed by atoms with E-state index in [1.807, 2.05) is 0 Å². The van der Waals surface area contributed by atoms with E-state index in [0.717, 1.165) is 0 Å². The van der Waals surface area contributed by atoms with E-state index in [4.69, 9.17) is 0 Å². The number of phenols is 1. The topological polar surface area (TPSA) is 85.1 Å². The predicted octanol–water partition coefficient (Wildman–Crippen LogP) is 0.766. The summed E-state index contributed by atoms with van der Waals surface area (Å²) in [6.07, 6.45) is 2.77. The van der Waals surface area contributed by atoms with Gasteiger partial charge in [0.05, 0.1) is 16.3 Å². The van der Waals surface area contributed by atoms with E-state index < -0.39 is 9.84 Å². The van der Waals surface area contributed by atoms with Gasteiger partial charge in [-0.3, -0.25) is 4.57 Å². The van der Waals surface area contributed by atoms with Crippen LogP contribution in [0.15, 0.2) is 35.7 Å². The highest BCUT2D eigenvalue weighted by Crippen LogP contribution is 2.25. The van der Waals surface area contributed by atoms with Gasteiger partial charge in [-0.25, -0.2) is 8.42 Å². The Balaban J connectivity index is 2.59. The quantitative estimate of drug-likeness (QED) is 0.873. The Morgan fingerprint density at radius 2 is 1.94 bits per heavy atom. The van der Waals surface area contributed by atoms with Crippen LogP contribution in [0, 0.1) is 0 Å². The second-order valence-corrected chi connectivity index (χ2v) is 5.70. The highest BCUT2D eigenvalue weighted by molar-refractivity contribution is 7.91. The minimum absolute atomic E-state index is 0.0133. The molecule has 1 aromatic carbocycles. The fraction of sp³-hybridized carbons (Fsp3) is 0.200. The van der Waals surface area contributed by atoms with Crippen LogP contribution >= 0.6 is 0 Å². The van der Waals surface area contributed by atoms with Crippen molar-refractivity contribution in [2.45, 2.75) is 11.8 Å². The van der Waals surface area contributed by atoms with Gasteiger partial charge in [-0.1, -0.05) is 6.92 Å². The molecule has 0 aliphatic rings. The van der Waals surface area contributed by atoms with E-state index in [2.05, 4.69) is 10.2 Å². The van der Waals surface area contributed by atoms with Crippen LogP contribution in [0.3, 0.4) is 0 Å². The number of rotatable bonds is 3. The van der Waals surface area contributed by atoms with Crippen molar-refractivity contribution in [3.63, 3.8) is 0 Å². The summed E-state index contributed by atoms with van der Waals surface area (Å²) in [5.74, 6) is -0.0146. The summed E-state index contributed by atoms with van der Waals surface area (Å²) in [4.78, 5) is 0.168. The second kappa shape index (κ2) is 4.17. The van der Waals surface area contributed by atoms with Crippen molar-refractivity contribution in [1.29, 1.82) is 0 Å². The molecule has 0 saturated heterocycles. The average molecular weight is 253 g/mol. The molecular weight excluding hydrogens is 242 g/mol. The Morgan fingerprint density at radius 1 is 1.29 bits per heavy atom.